The minimum atomic E-state index is -0.764. The first-order valence-electron chi connectivity index (χ1n) is 9.43. The van der Waals surface area contributed by atoms with Crippen molar-refractivity contribution in [3.63, 3.8) is 0 Å². The highest BCUT2D eigenvalue weighted by atomic mass is 19.1. The first-order chi connectivity index (χ1) is 13.6. The first kappa shape index (κ1) is 17.4. The molecule has 2 unspecified atom stereocenters. The van der Waals surface area contributed by atoms with Crippen LogP contribution in [0.15, 0.2) is 24.4 Å². The summed E-state index contributed by atoms with van der Waals surface area (Å²) in [6, 6.07) is 4.19. The second-order valence-corrected chi connectivity index (χ2v) is 7.43. The normalized spacial score (nSPS) is 21.2. The van der Waals surface area contributed by atoms with Gasteiger partial charge in [0.15, 0.2) is 23.1 Å². The van der Waals surface area contributed by atoms with Crippen molar-refractivity contribution in [3.8, 4) is 11.4 Å². The number of aliphatic hydroxyl groups excluding tert-OH is 1. The number of pyridine rings is 2. The topological polar surface area (TPSA) is 90.0 Å². The van der Waals surface area contributed by atoms with Crippen molar-refractivity contribution in [1.29, 1.82) is 0 Å². The molecule has 28 heavy (non-hydrogen) atoms. The summed E-state index contributed by atoms with van der Waals surface area (Å²) >= 11 is 0. The van der Waals surface area contributed by atoms with Crippen LogP contribution in [0, 0.1) is 17.6 Å². The lowest BCUT2D eigenvalue weighted by molar-refractivity contribution is 0.103. The molecule has 3 aromatic rings. The molecule has 0 spiro atoms. The van der Waals surface area contributed by atoms with Gasteiger partial charge in [-0.05, 0) is 30.9 Å². The maximum atomic E-state index is 14.6. The van der Waals surface area contributed by atoms with Gasteiger partial charge < -0.3 is 15.3 Å². The molecular weight excluding hydrogens is 366 g/mol. The number of nitrogens with one attached hydrogen (secondary N) is 2. The van der Waals surface area contributed by atoms with E-state index in [9.17, 15) is 13.9 Å². The van der Waals surface area contributed by atoms with Crippen LogP contribution in [0.5, 0.6) is 0 Å². The van der Waals surface area contributed by atoms with E-state index in [0.29, 0.717) is 42.3 Å². The molecule has 5 rings (SSSR count). The Balaban J connectivity index is 0.00000128. The lowest BCUT2D eigenvalue weighted by Crippen LogP contribution is -2.56. The summed E-state index contributed by atoms with van der Waals surface area (Å²) in [5, 5.41) is 21.2. The molecule has 9 heteroatoms. The van der Waals surface area contributed by atoms with Crippen LogP contribution in [0.4, 0.5) is 14.6 Å². The summed E-state index contributed by atoms with van der Waals surface area (Å²) in [6.45, 7) is 1.53. The number of hydrogen-bond donors (Lipinski definition) is 3. The number of halogens is 2. The third-order valence-electron chi connectivity index (χ3n) is 5.50. The van der Waals surface area contributed by atoms with Gasteiger partial charge >= 0.3 is 0 Å². The quantitative estimate of drug-likeness (QED) is 0.634. The maximum absolute atomic E-state index is 14.6. The highest BCUT2D eigenvalue weighted by molar-refractivity contribution is 5.89. The van der Waals surface area contributed by atoms with Gasteiger partial charge in [0.2, 0.25) is 0 Å². The smallest absolute Gasteiger partial charge is 0.181 e. The minimum Gasteiger partial charge on any atom is -0.391 e. The summed E-state index contributed by atoms with van der Waals surface area (Å²) in [6.07, 6.45) is 3.17. The summed E-state index contributed by atoms with van der Waals surface area (Å²) < 4.78 is 29.2. The van der Waals surface area contributed by atoms with Crippen molar-refractivity contribution < 1.29 is 16.7 Å². The molecule has 2 atom stereocenters. The molecule has 1 aliphatic heterocycles. The van der Waals surface area contributed by atoms with Crippen LogP contribution < -0.4 is 10.2 Å². The number of anilines is 1. The Kier molecular flexibility index (Phi) is 4.21. The van der Waals surface area contributed by atoms with E-state index in [4.69, 9.17) is 0 Å². The third-order valence-corrected chi connectivity index (χ3v) is 5.50. The number of aromatic nitrogens is 4. The zero-order valence-corrected chi connectivity index (χ0v) is 15.1. The van der Waals surface area contributed by atoms with Gasteiger partial charge in [-0.2, -0.15) is 5.10 Å². The van der Waals surface area contributed by atoms with E-state index >= 15 is 0 Å². The standard InChI is InChI=1S/C19H20F2N6O.2H2/c20-12-8-13(21)19(27-7-6-22-14(9-27)17(28)10-3-4-10)24-16(12)15-11-2-1-5-23-18(11)26-25-15;;/h1-2,5,8,10,14,17,22,28H,3-4,6-7,9H2,(H,23,25,26);2*1H. The number of hydrogen-bond acceptors (Lipinski definition) is 6. The minimum absolute atomic E-state index is 0. The number of H-pyrrole nitrogens is 1. The Hall–Kier alpha value is -2.65. The van der Waals surface area contributed by atoms with Crippen molar-refractivity contribution in [2.75, 3.05) is 24.5 Å². The molecule has 0 aromatic carbocycles. The fourth-order valence-corrected chi connectivity index (χ4v) is 3.85. The number of rotatable bonds is 4. The van der Waals surface area contributed by atoms with Crippen LogP contribution in [0.3, 0.4) is 0 Å². The second kappa shape index (κ2) is 6.75. The lowest BCUT2D eigenvalue weighted by Gasteiger charge is -2.37. The summed E-state index contributed by atoms with van der Waals surface area (Å²) in [4.78, 5) is 10.2. The Bertz CT molecular complexity index is 1030. The van der Waals surface area contributed by atoms with Gasteiger partial charge in [-0.25, -0.2) is 18.7 Å². The number of fused-ring (bicyclic) bond motifs is 1. The highest BCUT2D eigenvalue weighted by Crippen LogP contribution is 2.35. The highest BCUT2D eigenvalue weighted by Gasteiger charge is 2.37. The fourth-order valence-electron chi connectivity index (χ4n) is 3.85. The van der Waals surface area contributed by atoms with Gasteiger partial charge in [0.05, 0.1) is 17.8 Å². The van der Waals surface area contributed by atoms with Gasteiger partial charge in [0, 0.05) is 40.1 Å². The van der Waals surface area contributed by atoms with Gasteiger partial charge in [-0.3, -0.25) is 5.10 Å². The molecule has 3 N–H and O–H groups in total. The molecule has 1 saturated heterocycles. The zero-order chi connectivity index (χ0) is 19.3. The van der Waals surface area contributed by atoms with E-state index in [1.165, 1.54) is 0 Å². The molecule has 3 aromatic heterocycles. The molecule has 150 valence electrons. The van der Waals surface area contributed by atoms with Crippen molar-refractivity contribution in [2.24, 2.45) is 5.92 Å². The van der Waals surface area contributed by atoms with Crippen LogP contribution in [0.25, 0.3) is 22.4 Å². The number of aromatic amines is 1. The van der Waals surface area contributed by atoms with Crippen LogP contribution in [0.1, 0.15) is 15.7 Å². The lowest BCUT2D eigenvalue weighted by atomic mass is 10.0. The summed E-state index contributed by atoms with van der Waals surface area (Å²) in [5.74, 6) is -1.09. The Morgan fingerprint density at radius 3 is 2.96 bits per heavy atom. The predicted octanol–water partition coefficient (Wildman–Crippen LogP) is 2.34. The van der Waals surface area contributed by atoms with Gasteiger partial charge in [0.1, 0.15) is 5.69 Å². The molecule has 4 heterocycles. The van der Waals surface area contributed by atoms with Crippen LogP contribution in [0.2, 0.25) is 0 Å². The van der Waals surface area contributed by atoms with E-state index in [2.05, 4.69) is 25.5 Å². The van der Waals surface area contributed by atoms with Crippen molar-refractivity contribution in [1.82, 2.24) is 25.5 Å². The average Bonchev–Trinajstić information content (AvgIpc) is 3.47. The van der Waals surface area contributed by atoms with E-state index in [1.807, 2.05) is 0 Å². The molecular formula is C19H24F2N6O. The fraction of sp³-hybridized carbons (Fsp3) is 0.421. The van der Waals surface area contributed by atoms with Crippen LogP contribution in [-0.4, -0.2) is 57.1 Å². The molecule has 0 amide bonds. The molecule has 0 bridgehead atoms. The monoisotopic (exact) mass is 390 g/mol. The first-order valence-corrected chi connectivity index (χ1v) is 9.43. The van der Waals surface area contributed by atoms with Gasteiger partial charge in [-0.1, -0.05) is 0 Å². The molecule has 2 aliphatic rings. The molecule has 2 fully saturated rings. The number of nitrogens with zero attached hydrogens (tertiary/aromatic N) is 4. The Labute approximate surface area is 162 Å². The van der Waals surface area contributed by atoms with Crippen LogP contribution in [-0.2, 0) is 0 Å². The third kappa shape index (κ3) is 3.00. The summed E-state index contributed by atoms with van der Waals surface area (Å²) in [5.41, 5.74) is 0.815. The molecule has 1 saturated carbocycles. The van der Waals surface area contributed by atoms with Crippen molar-refractivity contribution in [3.05, 3.63) is 36.0 Å². The SMILES string of the molecule is OC(C1CC1)C1CN(c2nc(-c3[nH]nc4ncccc34)c(F)cc2F)CCN1.[HH].[HH]. The predicted molar refractivity (Wildman–Crippen MR) is 104 cm³/mol. The Morgan fingerprint density at radius 1 is 1.29 bits per heavy atom. The largest absolute Gasteiger partial charge is 0.391 e. The summed E-state index contributed by atoms with van der Waals surface area (Å²) in [7, 11) is 0. The van der Waals surface area contributed by atoms with Crippen molar-refractivity contribution in [2.45, 2.75) is 25.0 Å². The molecule has 7 nitrogen and oxygen atoms in total. The molecule has 0 radical (unpaired) electrons. The van der Waals surface area contributed by atoms with E-state index in [0.717, 1.165) is 18.9 Å². The van der Waals surface area contributed by atoms with E-state index in [-0.39, 0.29) is 20.4 Å². The van der Waals surface area contributed by atoms with Gasteiger partial charge in [0.25, 0.3) is 0 Å². The van der Waals surface area contributed by atoms with E-state index < -0.39 is 17.7 Å². The average molecular weight is 390 g/mol. The van der Waals surface area contributed by atoms with Crippen LogP contribution >= 0.6 is 0 Å². The number of aliphatic hydroxyl groups is 1. The molecule has 1 aliphatic carbocycles. The van der Waals surface area contributed by atoms with Gasteiger partial charge in [-0.15, -0.1) is 0 Å². The second-order valence-electron chi connectivity index (χ2n) is 7.43. The zero-order valence-electron chi connectivity index (χ0n) is 15.1. The number of piperazine rings is 1. The van der Waals surface area contributed by atoms with E-state index in [1.54, 1.807) is 23.2 Å². The van der Waals surface area contributed by atoms with Crippen molar-refractivity contribution >= 4 is 16.9 Å². The Morgan fingerprint density at radius 2 is 2.14 bits per heavy atom. The maximum Gasteiger partial charge on any atom is 0.181 e.